The Labute approximate surface area is 183 Å². The highest BCUT2D eigenvalue weighted by atomic mass is 32.1. The Hall–Kier alpha value is -3.07. The van der Waals surface area contributed by atoms with Crippen LogP contribution in [0.5, 0.6) is 11.5 Å². The summed E-state index contributed by atoms with van der Waals surface area (Å²) in [7, 11) is 0. The van der Waals surface area contributed by atoms with Crippen LogP contribution in [0, 0.1) is 0 Å². The fraction of sp³-hybridized carbons (Fsp3) is 0.409. The van der Waals surface area contributed by atoms with E-state index in [9.17, 15) is 14.4 Å². The number of aryl methyl sites for hydroxylation is 1. The van der Waals surface area contributed by atoms with Crippen LogP contribution in [-0.4, -0.2) is 36.6 Å². The summed E-state index contributed by atoms with van der Waals surface area (Å²) in [5, 5.41) is 3.05. The summed E-state index contributed by atoms with van der Waals surface area (Å²) < 4.78 is 16.5. The third kappa shape index (κ3) is 4.51. The smallest absolute Gasteiger partial charge is 0.344 e. The minimum atomic E-state index is -0.686. The highest BCUT2D eigenvalue weighted by molar-refractivity contribution is 7.17. The van der Waals surface area contributed by atoms with Gasteiger partial charge in [-0.05, 0) is 44.7 Å². The van der Waals surface area contributed by atoms with E-state index in [1.807, 2.05) is 26.0 Å². The van der Waals surface area contributed by atoms with E-state index in [4.69, 9.17) is 19.9 Å². The minimum absolute atomic E-state index is 0.327. The van der Waals surface area contributed by atoms with Crippen LogP contribution in [0.2, 0.25) is 0 Å². The number of rotatable bonds is 7. The molecule has 0 atom stereocenters. The molecule has 0 saturated carbocycles. The summed E-state index contributed by atoms with van der Waals surface area (Å²) >= 11 is 1.35. The van der Waals surface area contributed by atoms with Crippen LogP contribution in [0.3, 0.4) is 0 Å². The van der Waals surface area contributed by atoms with E-state index in [-0.39, 0.29) is 12.2 Å². The van der Waals surface area contributed by atoms with Gasteiger partial charge in [0.15, 0.2) is 24.7 Å². The second kappa shape index (κ2) is 8.22. The number of carbonyl (C=O) groups excluding carboxylic acids is 3. The van der Waals surface area contributed by atoms with Gasteiger partial charge >= 0.3 is 5.97 Å². The zero-order chi connectivity index (χ0) is 22.2. The maximum Gasteiger partial charge on any atom is 0.344 e. The highest BCUT2D eigenvalue weighted by Gasteiger charge is 2.32. The number of hydrogen-bond donors (Lipinski definition) is 2. The number of para-hydroxylation sites is 1. The van der Waals surface area contributed by atoms with Gasteiger partial charge in [-0.25, -0.2) is 4.79 Å². The lowest BCUT2D eigenvalue weighted by atomic mass is 10.0. The molecule has 1 aromatic carbocycles. The van der Waals surface area contributed by atoms with Crippen LogP contribution in [0.1, 0.15) is 46.6 Å². The maximum absolute atomic E-state index is 12.2. The summed E-state index contributed by atoms with van der Waals surface area (Å²) in [5.41, 5.74) is 7.45. The lowest BCUT2D eigenvalue weighted by Gasteiger charge is -2.18. The van der Waals surface area contributed by atoms with Crippen molar-refractivity contribution in [2.24, 2.45) is 5.73 Å². The third-order valence-corrected chi connectivity index (χ3v) is 6.39. The van der Waals surface area contributed by atoms with Crippen LogP contribution in [-0.2, 0) is 33.6 Å². The summed E-state index contributed by atoms with van der Waals surface area (Å²) in [4.78, 5) is 37.1. The second-order valence-electron chi connectivity index (χ2n) is 8.21. The average molecular weight is 445 g/mol. The van der Waals surface area contributed by atoms with E-state index >= 15 is 0 Å². The molecule has 1 aliphatic carbocycles. The Morgan fingerprint density at radius 1 is 1.23 bits per heavy atom. The fourth-order valence-electron chi connectivity index (χ4n) is 3.94. The lowest BCUT2D eigenvalue weighted by Crippen LogP contribution is -2.25. The third-order valence-electron chi connectivity index (χ3n) is 5.19. The molecule has 2 aliphatic rings. The number of ether oxygens (including phenoxy) is 3. The Morgan fingerprint density at radius 2 is 2.03 bits per heavy atom. The number of benzene rings is 1. The molecule has 164 valence electrons. The van der Waals surface area contributed by atoms with Gasteiger partial charge in [0.1, 0.15) is 10.6 Å². The predicted octanol–water partition coefficient (Wildman–Crippen LogP) is 2.61. The lowest BCUT2D eigenvalue weighted by molar-refractivity contribution is -0.149. The van der Waals surface area contributed by atoms with Crippen molar-refractivity contribution in [3.8, 4) is 11.5 Å². The molecule has 2 amide bonds. The van der Waals surface area contributed by atoms with E-state index in [2.05, 4.69) is 5.32 Å². The second-order valence-corrected chi connectivity index (χ2v) is 9.31. The van der Waals surface area contributed by atoms with Crippen molar-refractivity contribution in [3.05, 3.63) is 39.8 Å². The molecule has 1 aliphatic heterocycles. The first-order valence-corrected chi connectivity index (χ1v) is 10.9. The average Bonchev–Trinajstić information content (AvgIpc) is 3.35. The number of nitrogens with two attached hydrogens (primary N) is 1. The standard InChI is InChI=1S/C22H24N2O6S/c1-22(2)9-12-5-3-7-14(19(12)30-22)28-11-17(26)29-10-16(25)24-21-18(20(23)27)13-6-4-8-15(13)31-21/h3,5,7H,4,6,8-11H2,1-2H3,(H2,23,27)(H,24,25). The molecular weight excluding hydrogens is 420 g/mol. The normalized spacial score (nSPS) is 15.5. The van der Waals surface area contributed by atoms with Crippen molar-refractivity contribution in [1.82, 2.24) is 0 Å². The molecule has 0 radical (unpaired) electrons. The number of amides is 2. The molecule has 0 unspecified atom stereocenters. The summed E-state index contributed by atoms with van der Waals surface area (Å²) in [6, 6.07) is 5.52. The zero-order valence-electron chi connectivity index (χ0n) is 17.4. The molecule has 31 heavy (non-hydrogen) atoms. The number of anilines is 1. The van der Waals surface area contributed by atoms with Crippen LogP contribution in [0.15, 0.2) is 18.2 Å². The number of hydrogen-bond acceptors (Lipinski definition) is 7. The Bertz CT molecular complexity index is 1060. The number of carbonyl (C=O) groups is 3. The number of primary amides is 1. The molecular formula is C22H24N2O6S. The fourth-order valence-corrected chi connectivity index (χ4v) is 5.25. The predicted molar refractivity (Wildman–Crippen MR) is 115 cm³/mol. The van der Waals surface area contributed by atoms with Crippen LogP contribution in [0.25, 0.3) is 0 Å². The van der Waals surface area contributed by atoms with Crippen molar-refractivity contribution >= 4 is 34.1 Å². The van der Waals surface area contributed by atoms with Gasteiger partial charge in [0.2, 0.25) is 0 Å². The summed E-state index contributed by atoms with van der Waals surface area (Å²) in [5.74, 6) is -0.706. The molecule has 8 nitrogen and oxygen atoms in total. The molecule has 1 aromatic heterocycles. The Kier molecular flexibility index (Phi) is 5.62. The van der Waals surface area contributed by atoms with Crippen molar-refractivity contribution in [1.29, 1.82) is 0 Å². The Balaban J connectivity index is 1.29. The Morgan fingerprint density at radius 3 is 2.81 bits per heavy atom. The van der Waals surface area contributed by atoms with E-state index in [1.54, 1.807) is 6.07 Å². The van der Waals surface area contributed by atoms with Gasteiger partial charge in [0.05, 0.1) is 5.56 Å². The van der Waals surface area contributed by atoms with Crippen LogP contribution < -0.4 is 20.5 Å². The highest BCUT2D eigenvalue weighted by Crippen LogP contribution is 2.42. The van der Waals surface area contributed by atoms with Crippen molar-refractivity contribution in [2.75, 3.05) is 18.5 Å². The van der Waals surface area contributed by atoms with E-state index < -0.39 is 24.4 Å². The van der Waals surface area contributed by atoms with E-state index in [0.29, 0.717) is 22.1 Å². The molecule has 2 aromatic rings. The largest absolute Gasteiger partial charge is 0.483 e. The van der Waals surface area contributed by atoms with E-state index in [1.165, 1.54) is 11.3 Å². The maximum atomic E-state index is 12.2. The first-order chi connectivity index (χ1) is 14.7. The SMILES string of the molecule is CC1(C)Cc2cccc(OCC(=O)OCC(=O)Nc3sc4c(c3C(N)=O)CCC4)c2O1. The first kappa shape index (κ1) is 21.2. The van der Waals surface area contributed by atoms with Crippen LogP contribution in [0.4, 0.5) is 5.00 Å². The molecule has 0 bridgehead atoms. The van der Waals surface area contributed by atoms with Gasteiger partial charge in [-0.3, -0.25) is 9.59 Å². The number of fused-ring (bicyclic) bond motifs is 2. The number of nitrogens with one attached hydrogen (secondary N) is 1. The van der Waals surface area contributed by atoms with Gasteiger partial charge in [0, 0.05) is 16.9 Å². The van der Waals surface area contributed by atoms with Gasteiger partial charge in [-0.1, -0.05) is 12.1 Å². The van der Waals surface area contributed by atoms with Crippen molar-refractivity contribution in [3.63, 3.8) is 0 Å². The molecule has 2 heterocycles. The summed E-state index contributed by atoms with van der Waals surface area (Å²) in [6.45, 7) is 3.12. The molecule has 9 heteroatoms. The van der Waals surface area contributed by atoms with Gasteiger partial charge in [-0.2, -0.15) is 0 Å². The van der Waals surface area contributed by atoms with Crippen LogP contribution >= 0.6 is 11.3 Å². The van der Waals surface area contributed by atoms with Gasteiger partial charge in [-0.15, -0.1) is 11.3 Å². The molecule has 0 saturated heterocycles. The molecule has 4 rings (SSSR count). The number of thiophene rings is 1. The van der Waals surface area contributed by atoms with Crippen molar-refractivity contribution < 1.29 is 28.6 Å². The van der Waals surface area contributed by atoms with Gasteiger partial charge < -0.3 is 25.3 Å². The molecule has 0 spiro atoms. The van der Waals surface area contributed by atoms with Gasteiger partial charge in [0.25, 0.3) is 11.8 Å². The number of esters is 1. The first-order valence-electron chi connectivity index (χ1n) is 10.1. The topological polar surface area (TPSA) is 117 Å². The molecule has 0 fully saturated rings. The van der Waals surface area contributed by atoms with Crippen molar-refractivity contribution in [2.45, 2.75) is 45.1 Å². The molecule has 3 N–H and O–H groups in total. The quantitative estimate of drug-likeness (QED) is 0.634. The minimum Gasteiger partial charge on any atom is -0.483 e. The zero-order valence-corrected chi connectivity index (χ0v) is 18.2. The monoisotopic (exact) mass is 444 g/mol. The van der Waals surface area contributed by atoms with E-state index in [0.717, 1.165) is 41.7 Å². The summed E-state index contributed by atoms with van der Waals surface area (Å²) in [6.07, 6.45) is 3.37.